The van der Waals surface area contributed by atoms with E-state index in [1.807, 2.05) is 36.4 Å². The van der Waals surface area contributed by atoms with E-state index in [9.17, 15) is 9.59 Å². The summed E-state index contributed by atoms with van der Waals surface area (Å²) in [6.45, 7) is 2.48. The summed E-state index contributed by atoms with van der Waals surface area (Å²) in [6.07, 6.45) is 8.55. The maximum Gasteiger partial charge on any atom is 0.244 e. The molecule has 2 aromatic rings. The van der Waals surface area contributed by atoms with Crippen molar-refractivity contribution in [2.45, 2.75) is 18.9 Å². The van der Waals surface area contributed by atoms with Crippen molar-refractivity contribution < 1.29 is 28.5 Å². The maximum atomic E-state index is 12.5. The van der Waals surface area contributed by atoms with Crippen molar-refractivity contribution in [3.8, 4) is 23.0 Å². The van der Waals surface area contributed by atoms with Crippen molar-refractivity contribution in [1.82, 2.24) is 10.6 Å². The van der Waals surface area contributed by atoms with Gasteiger partial charge in [0.05, 0.1) is 0 Å². The van der Waals surface area contributed by atoms with E-state index in [1.165, 1.54) is 12.2 Å². The number of hydrogen-bond acceptors (Lipinski definition) is 6. The fourth-order valence-electron chi connectivity index (χ4n) is 4.01. The fourth-order valence-corrected chi connectivity index (χ4v) is 4.01. The second-order valence-electron chi connectivity index (χ2n) is 8.67. The molecule has 8 nitrogen and oxygen atoms in total. The lowest BCUT2D eigenvalue weighted by Crippen LogP contribution is -2.44. The number of amides is 2. The highest BCUT2D eigenvalue weighted by atomic mass is 16.6. The molecule has 2 aromatic carbocycles. The Bertz CT molecular complexity index is 1150. The van der Waals surface area contributed by atoms with Gasteiger partial charge in [-0.25, -0.2) is 0 Å². The summed E-state index contributed by atoms with van der Waals surface area (Å²) in [6, 6.07) is 11.0. The predicted octanol–water partition coefficient (Wildman–Crippen LogP) is 2.97. The van der Waals surface area contributed by atoms with Gasteiger partial charge in [0.2, 0.25) is 11.8 Å². The van der Waals surface area contributed by atoms with Crippen LogP contribution >= 0.6 is 0 Å². The highest BCUT2D eigenvalue weighted by Gasteiger charge is 2.32. The number of ether oxygens (including phenoxy) is 4. The van der Waals surface area contributed by atoms with E-state index in [0.29, 0.717) is 61.9 Å². The van der Waals surface area contributed by atoms with Crippen LogP contribution in [0.1, 0.15) is 24.0 Å². The normalized spacial score (nSPS) is 17.3. The quantitative estimate of drug-likeness (QED) is 0.569. The first-order valence-corrected chi connectivity index (χ1v) is 11.9. The minimum atomic E-state index is -0.216. The van der Waals surface area contributed by atoms with E-state index in [2.05, 4.69) is 10.6 Å². The summed E-state index contributed by atoms with van der Waals surface area (Å²) in [7, 11) is 0. The van der Waals surface area contributed by atoms with Gasteiger partial charge in [0.15, 0.2) is 23.0 Å². The number of fused-ring (bicyclic) bond motifs is 2. The van der Waals surface area contributed by atoms with Crippen molar-refractivity contribution in [2.75, 3.05) is 33.0 Å². The summed E-state index contributed by atoms with van der Waals surface area (Å²) in [5.74, 6) is 2.75. The molecule has 5 rings (SSSR count). The summed E-state index contributed by atoms with van der Waals surface area (Å²) >= 11 is 0. The van der Waals surface area contributed by atoms with Gasteiger partial charge in [0.25, 0.3) is 0 Å². The Morgan fingerprint density at radius 1 is 0.771 bits per heavy atom. The van der Waals surface area contributed by atoms with Crippen molar-refractivity contribution in [3.05, 3.63) is 59.7 Å². The standard InChI is InChI=1S/C27H28N2O6/c30-26(9-3-18-1-7-22-24(15-18)34-13-11-32-22)28-17-21(20-5-6-20)29-27(31)10-4-19-2-8-23-25(16-19)35-14-12-33-23/h1-4,7-10,15-16,20-21H,5-6,11-14,17H2,(H,28,30)(H,29,31). The zero-order valence-corrected chi connectivity index (χ0v) is 19.3. The monoisotopic (exact) mass is 476 g/mol. The largest absolute Gasteiger partial charge is 0.486 e. The molecule has 2 aliphatic heterocycles. The van der Waals surface area contributed by atoms with Crippen LogP contribution < -0.4 is 29.6 Å². The number of hydrogen-bond donors (Lipinski definition) is 2. The smallest absolute Gasteiger partial charge is 0.244 e. The maximum absolute atomic E-state index is 12.5. The molecule has 3 aliphatic rings. The van der Waals surface area contributed by atoms with Crippen molar-refractivity contribution in [1.29, 1.82) is 0 Å². The highest BCUT2D eigenvalue weighted by molar-refractivity contribution is 5.93. The molecule has 1 aliphatic carbocycles. The summed E-state index contributed by atoms with van der Waals surface area (Å²) < 4.78 is 22.2. The van der Waals surface area contributed by atoms with E-state index < -0.39 is 0 Å². The van der Waals surface area contributed by atoms with Gasteiger partial charge in [-0.3, -0.25) is 9.59 Å². The highest BCUT2D eigenvalue weighted by Crippen LogP contribution is 2.33. The van der Waals surface area contributed by atoms with Crippen LogP contribution in [-0.4, -0.2) is 50.8 Å². The van der Waals surface area contributed by atoms with Gasteiger partial charge < -0.3 is 29.6 Å². The van der Waals surface area contributed by atoms with Gasteiger partial charge in [-0.15, -0.1) is 0 Å². The lowest BCUT2D eigenvalue weighted by Gasteiger charge is -2.18. The SMILES string of the molecule is O=C(C=Cc1ccc2c(c1)OCCO2)NCC(NC(=O)C=Cc1ccc2c(c1)OCCO2)C1CC1. The molecular weight excluding hydrogens is 448 g/mol. The molecule has 0 aromatic heterocycles. The molecule has 182 valence electrons. The second kappa shape index (κ2) is 10.5. The minimum absolute atomic E-state index is 0.112. The van der Waals surface area contributed by atoms with Crippen LogP contribution in [0.4, 0.5) is 0 Å². The van der Waals surface area contributed by atoms with E-state index >= 15 is 0 Å². The molecule has 8 heteroatoms. The van der Waals surface area contributed by atoms with Crippen LogP contribution in [0.2, 0.25) is 0 Å². The lowest BCUT2D eigenvalue weighted by molar-refractivity contribution is -0.119. The van der Waals surface area contributed by atoms with Crippen molar-refractivity contribution in [2.24, 2.45) is 5.92 Å². The van der Waals surface area contributed by atoms with Crippen LogP contribution in [0.25, 0.3) is 12.2 Å². The van der Waals surface area contributed by atoms with Crippen molar-refractivity contribution in [3.63, 3.8) is 0 Å². The summed E-state index contributed by atoms with van der Waals surface area (Å²) in [5.41, 5.74) is 1.70. The predicted molar refractivity (Wildman–Crippen MR) is 131 cm³/mol. The van der Waals surface area contributed by atoms with Gasteiger partial charge in [0.1, 0.15) is 26.4 Å². The lowest BCUT2D eigenvalue weighted by atomic mass is 10.1. The average Bonchev–Trinajstić information content (AvgIpc) is 3.74. The minimum Gasteiger partial charge on any atom is -0.486 e. The number of carbonyl (C=O) groups is 2. The molecular formula is C27H28N2O6. The van der Waals surface area contributed by atoms with Crippen LogP contribution in [0, 0.1) is 5.92 Å². The molecule has 1 fully saturated rings. The fraction of sp³-hybridized carbons (Fsp3) is 0.333. The third kappa shape index (κ3) is 6.15. The first-order chi connectivity index (χ1) is 17.1. The Kier molecular flexibility index (Phi) is 6.88. The van der Waals surface area contributed by atoms with E-state index in [1.54, 1.807) is 12.2 Å². The van der Waals surface area contributed by atoms with Crippen molar-refractivity contribution >= 4 is 24.0 Å². The molecule has 0 bridgehead atoms. The molecule has 0 saturated heterocycles. The Morgan fingerprint density at radius 3 is 1.83 bits per heavy atom. The molecule has 1 unspecified atom stereocenters. The molecule has 2 amide bonds. The van der Waals surface area contributed by atoms with E-state index in [0.717, 1.165) is 24.0 Å². The zero-order chi connectivity index (χ0) is 24.0. The summed E-state index contributed by atoms with van der Waals surface area (Å²) in [4.78, 5) is 24.9. The molecule has 2 heterocycles. The van der Waals surface area contributed by atoms with Crippen LogP contribution in [0.3, 0.4) is 0 Å². The third-order valence-electron chi connectivity index (χ3n) is 6.00. The molecule has 2 N–H and O–H groups in total. The van der Waals surface area contributed by atoms with Gasteiger partial charge in [-0.2, -0.15) is 0 Å². The Balaban J connectivity index is 1.12. The first kappa shape index (κ1) is 22.8. The summed E-state index contributed by atoms with van der Waals surface area (Å²) in [5, 5.41) is 5.92. The number of benzene rings is 2. The van der Waals surface area contributed by atoms with Crippen LogP contribution in [-0.2, 0) is 9.59 Å². The topological polar surface area (TPSA) is 95.1 Å². The molecule has 0 radical (unpaired) electrons. The van der Waals surface area contributed by atoms with Crippen LogP contribution in [0.15, 0.2) is 48.6 Å². The molecule has 1 atom stereocenters. The number of rotatable bonds is 8. The number of carbonyl (C=O) groups excluding carboxylic acids is 2. The Hall–Kier alpha value is -3.94. The molecule has 1 saturated carbocycles. The van der Waals surface area contributed by atoms with Gasteiger partial charge in [0, 0.05) is 24.7 Å². The van der Waals surface area contributed by atoms with Gasteiger partial charge >= 0.3 is 0 Å². The first-order valence-electron chi connectivity index (χ1n) is 11.9. The Morgan fingerprint density at radius 2 is 1.29 bits per heavy atom. The van der Waals surface area contributed by atoms with E-state index in [4.69, 9.17) is 18.9 Å². The Labute approximate surface area is 203 Å². The second-order valence-corrected chi connectivity index (χ2v) is 8.67. The van der Waals surface area contributed by atoms with E-state index in [-0.39, 0.29) is 17.9 Å². The average molecular weight is 477 g/mol. The van der Waals surface area contributed by atoms with Gasteiger partial charge in [-0.1, -0.05) is 12.1 Å². The molecule has 0 spiro atoms. The zero-order valence-electron chi connectivity index (χ0n) is 19.3. The number of nitrogens with one attached hydrogen (secondary N) is 2. The van der Waals surface area contributed by atoms with Gasteiger partial charge in [-0.05, 0) is 66.3 Å². The van der Waals surface area contributed by atoms with Crippen LogP contribution in [0.5, 0.6) is 23.0 Å². The molecule has 35 heavy (non-hydrogen) atoms. The third-order valence-corrected chi connectivity index (χ3v) is 6.00.